The number of hydrogen-bond acceptors (Lipinski definition) is 3. The van der Waals surface area contributed by atoms with E-state index in [4.69, 9.17) is 4.74 Å². The van der Waals surface area contributed by atoms with Gasteiger partial charge in [0.05, 0.1) is 11.9 Å². The van der Waals surface area contributed by atoms with Crippen molar-refractivity contribution in [2.45, 2.75) is 31.9 Å². The van der Waals surface area contributed by atoms with Crippen molar-refractivity contribution in [2.24, 2.45) is 0 Å². The van der Waals surface area contributed by atoms with E-state index in [0.717, 1.165) is 16.7 Å². The smallest absolute Gasteiger partial charge is 0.220 e. The second kappa shape index (κ2) is 6.43. The molecule has 0 N–H and O–H groups in total. The van der Waals surface area contributed by atoms with Crippen LogP contribution in [-0.4, -0.2) is 25.5 Å². The Morgan fingerprint density at radius 2 is 1.87 bits per heavy atom. The van der Waals surface area contributed by atoms with Crippen molar-refractivity contribution in [3.8, 4) is 0 Å². The summed E-state index contributed by atoms with van der Waals surface area (Å²) in [5.74, 6) is 0.00386. The molecule has 3 rings (SSSR count). The molecule has 23 heavy (non-hydrogen) atoms. The molecule has 2 aromatic carbocycles. The molecule has 0 amide bonds. The molecule has 1 saturated heterocycles. The number of rotatable bonds is 4. The predicted octanol–water partition coefficient (Wildman–Crippen LogP) is 3.24. The number of aryl methyl sites for hydroxylation is 1. The molecule has 1 aliphatic heterocycles. The molecule has 0 radical (unpaired) electrons. The van der Waals surface area contributed by atoms with Crippen molar-refractivity contribution in [3.63, 3.8) is 0 Å². The van der Waals surface area contributed by atoms with Gasteiger partial charge < -0.3 is 4.74 Å². The number of ether oxygens (including phenoxy) is 1. The molecule has 2 unspecified atom stereocenters. The van der Waals surface area contributed by atoms with Crippen molar-refractivity contribution >= 4 is 10.0 Å². The van der Waals surface area contributed by atoms with Crippen LogP contribution < -0.4 is 0 Å². The molecule has 5 heteroatoms. The third-order valence-corrected chi connectivity index (χ3v) is 5.93. The average molecular weight is 331 g/mol. The Labute approximate surface area is 137 Å². The zero-order chi connectivity index (χ0) is 16.4. The Morgan fingerprint density at radius 3 is 2.57 bits per heavy atom. The van der Waals surface area contributed by atoms with Gasteiger partial charge in [0.2, 0.25) is 10.0 Å². The summed E-state index contributed by atoms with van der Waals surface area (Å²) in [6.07, 6.45) is -0.659. The molecule has 0 aliphatic carbocycles. The lowest BCUT2D eigenvalue weighted by Crippen LogP contribution is -2.35. The highest BCUT2D eigenvalue weighted by Crippen LogP contribution is 2.31. The molecule has 2 aromatic rings. The Hall–Kier alpha value is -1.69. The fourth-order valence-electron chi connectivity index (χ4n) is 2.95. The van der Waals surface area contributed by atoms with E-state index in [2.05, 4.69) is 0 Å². The van der Waals surface area contributed by atoms with Crippen LogP contribution in [0, 0.1) is 6.92 Å². The zero-order valence-electron chi connectivity index (χ0n) is 13.3. The Bertz CT molecular complexity index is 774. The van der Waals surface area contributed by atoms with Crippen LogP contribution in [0.15, 0.2) is 54.6 Å². The largest absolute Gasteiger partial charge is 0.353 e. The zero-order valence-corrected chi connectivity index (χ0v) is 14.2. The number of benzene rings is 2. The molecule has 0 aromatic heterocycles. The van der Waals surface area contributed by atoms with E-state index in [1.54, 1.807) is 6.92 Å². The van der Waals surface area contributed by atoms with E-state index in [-0.39, 0.29) is 11.9 Å². The summed E-state index contributed by atoms with van der Waals surface area (Å²) in [5.41, 5.74) is 2.87. The van der Waals surface area contributed by atoms with Crippen LogP contribution >= 0.6 is 0 Å². The van der Waals surface area contributed by atoms with Crippen LogP contribution in [0.5, 0.6) is 0 Å². The fraction of sp³-hybridized carbons (Fsp3) is 0.333. The quantitative estimate of drug-likeness (QED) is 0.864. The molecule has 1 fully saturated rings. The third-order valence-electron chi connectivity index (χ3n) is 4.07. The Kier molecular flexibility index (Phi) is 4.53. The Balaban J connectivity index is 1.78. The molecule has 122 valence electrons. The van der Waals surface area contributed by atoms with Gasteiger partial charge in [-0.25, -0.2) is 8.42 Å². The van der Waals surface area contributed by atoms with E-state index in [0.29, 0.717) is 6.54 Å². The first kappa shape index (κ1) is 16.2. The molecule has 0 bridgehead atoms. The van der Waals surface area contributed by atoms with Gasteiger partial charge in [-0.15, -0.1) is 0 Å². The summed E-state index contributed by atoms with van der Waals surface area (Å²) in [6, 6.07) is 17.4. The minimum absolute atomic E-state index is 0.00386. The van der Waals surface area contributed by atoms with Crippen LogP contribution in [0.1, 0.15) is 29.7 Å². The molecule has 1 aliphatic rings. The Morgan fingerprint density at radius 1 is 1.13 bits per heavy atom. The molecular formula is C18H21NO3S. The lowest BCUT2D eigenvalue weighted by atomic mass is 10.1. The number of nitrogens with zero attached hydrogens (tertiary/aromatic N) is 1. The van der Waals surface area contributed by atoms with Gasteiger partial charge in [-0.1, -0.05) is 60.2 Å². The van der Waals surface area contributed by atoms with E-state index in [1.807, 2.05) is 61.5 Å². The molecule has 0 saturated carbocycles. The highest BCUT2D eigenvalue weighted by atomic mass is 32.2. The SMILES string of the molecule is Cc1cccc(CS(=O)(=O)N2CC(c3ccccc3)OC2C)c1. The van der Waals surface area contributed by atoms with Crippen molar-refractivity contribution < 1.29 is 13.2 Å². The van der Waals surface area contributed by atoms with Gasteiger partial charge in [0.15, 0.2) is 0 Å². The average Bonchev–Trinajstić information content (AvgIpc) is 2.91. The van der Waals surface area contributed by atoms with E-state index < -0.39 is 16.3 Å². The summed E-state index contributed by atoms with van der Waals surface area (Å²) >= 11 is 0. The number of sulfonamides is 1. The van der Waals surface area contributed by atoms with Crippen LogP contribution in [-0.2, 0) is 20.5 Å². The van der Waals surface area contributed by atoms with Crippen molar-refractivity contribution in [1.82, 2.24) is 4.31 Å². The first-order chi connectivity index (χ1) is 11.0. The topological polar surface area (TPSA) is 46.6 Å². The minimum atomic E-state index is -3.41. The summed E-state index contributed by atoms with van der Waals surface area (Å²) in [7, 11) is -3.41. The van der Waals surface area contributed by atoms with E-state index in [9.17, 15) is 8.42 Å². The van der Waals surface area contributed by atoms with Gasteiger partial charge in [-0.05, 0) is 25.0 Å². The van der Waals surface area contributed by atoms with Gasteiger partial charge in [0.25, 0.3) is 0 Å². The van der Waals surface area contributed by atoms with Crippen LogP contribution in [0.3, 0.4) is 0 Å². The van der Waals surface area contributed by atoms with Crippen LogP contribution in [0.4, 0.5) is 0 Å². The van der Waals surface area contributed by atoms with Crippen molar-refractivity contribution in [2.75, 3.05) is 6.54 Å². The first-order valence-corrected chi connectivity index (χ1v) is 9.32. The van der Waals surface area contributed by atoms with Gasteiger partial charge in [0.1, 0.15) is 6.23 Å². The highest BCUT2D eigenvalue weighted by Gasteiger charge is 2.38. The lowest BCUT2D eigenvalue weighted by molar-refractivity contribution is 0.0344. The monoisotopic (exact) mass is 331 g/mol. The van der Waals surface area contributed by atoms with Crippen molar-refractivity contribution in [1.29, 1.82) is 0 Å². The summed E-state index contributed by atoms with van der Waals surface area (Å²) in [6.45, 7) is 4.11. The van der Waals surface area contributed by atoms with Crippen LogP contribution in [0.25, 0.3) is 0 Å². The van der Waals surface area contributed by atoms with E-state index >= 15 is 0 Å². The maximum atomic E-state index is 12.7. The maximum absolute atomic E-state index is 12.7. The standard InChI is InChI=1S/C18H21NO3S/c1-14-7-6-8-16(11-14)13-23(20,21)19-12-18(22-15(19)2)17-9-4-3-5-10-17/h3-11,15,18H,12-13H2,1-2H3. The third kappa shape index (κ3) is 3.63. The lowest BCUT2D eigenvalue weighted by Gasteiger charge is -2.19. The normalized spacial score (nSPS) is 22.3. The molecule has 0 spiro atoms. The summed E-state index contributed by atoms with van der Waals surface area (Å²) in [4.78, 5) is 0. The molecule has 1 heterocycles. The summed E-state index contributed by atoms with van der Waals surface area (Å²) in [5, 5.41) is 0. The minimum Gasteiger partial charge on any atom is -0.353 e. The highest BCUT2D eigenvalue weighted by molar-refractivity contribution is 7.88. The fourth-order valence-corrected chi connectivity index (χ4v) is 4.58. The molecule has 4 nitrogen and oxygen atoms in total. The molecule has 2 atom stereocenters. The van der Waals surface area contributed by atoms with Crippen molar-refractivity contribution in [3.05, 3.63) is 71.3 Å². The molecular weight excluding hydrogens is 310 g/mol. The first-order valence-electron chi connectivity index (χ1n) is 7.71. The van der Waals surface area contributed by atoms with Crippen LogP contribution in [0.2, 0.25) is 0 Å². The van der Waals surface area contributed by atoms with Gasteiger partial charge in [-0.2, -0.15) is 4.31 Å². The van der Waals surface area contributed by atoms with Gasteiger partial charge in [-0.3, -0.25) is 0 Å². The summed E-state index contributed by atoms with van der Waals surface area (Å²) < 4.78 is 32.8. The van der Waals surface area contributed by atoms with E-state index in [1.165, 1.54) is 4.31 Å². The van der Waals surface area contributed by atoms with Gasteiger partial charge >= 0.3 is 0 Å². The van der Waals surface area contributed by atoms with Gasteiger partial charge in [0, 0.05) is 6.54 Å². The predicted molar refractivity (Wildman–Crippen MR) is 90.2 cm³/mol. The second-order valence-corrected chi connectivity index (χ2v) is 7.87. The second-order valence-electron chi connectivity index (χ2n) is 5.95. The number of hydrogen-bond donors (Lipinski definition) is 0. The maximum Gasteiger partial charge on any atom is 0.220 e.